The molecule has 2 aromatic rings. The minimum absolute atomic E-state index is 0.206. The molecular formula is C11H14ClN3O2S2. The van der Waals surface area contributed by atoms with Gasteiger partial charge in [-0.3, -0.25) is 0 Å². The van der Waals surface area contributed by atoms with Gasteiger partial charge < -0.3 is 10.7 Å². The van der Waals surface area contributed by atoms with Crippen LogP contribution in [0.4, 0.5) is 0 Å². The van der Waals surface area contributed by atoms with E-state index in [2.05, 4.69) is 9.71 Å². The summed E-state index contributed by atoms with van der Waals surface area (Å²) in [5.41, 5.74) is 6.11. The van der Waals surface area contributed by atoms with Crippen LogP contribution in [0.5, 0.6) is 0 Å². The quantitative estimate of drug-likeness (QED) is 0.757. The number of hydrogen-bond acceptors (Lipinski definition) is 4. The second kappa shape index (κ2) is 6.06. The maximum Gasteiger partial charge on any atom is 0.242 e. The lowest BCUT2D eigenvalue weighted by Crippen LogP contribution is -2.25. The summed E-state index contributed by atoms with van der Waals surface area (Å²) in [5.74, 6) is 0. The number of nitrogens with one attached hydrogen (secondary N) is 2. The fourth-order valence-electron chi connectivity index (χ4n) is 1.57. The van der Waals surface area contributed by atoms with Crippen molar-refractivity contribution in [1.29, 1.82) is 0 Å². The summed E-state index contributed by atoms with van der Waals surface area (Å²) < 4.78 is 27.2. The van der Waals surface area contributed by atoms with Gasteiger partial charge in [-0.05, 0) is 24.6 Å². The van der Waals surface area contributed by atoms with E-state index in [1.807, 2.05) is 6.07 Å². The standard InChI is InChI=1S/C11H14ClN3O2S2/c12-11-2-1-9(18-11)3-4-15-19(16,17)10-5-8(6-13)14-7-10/h1-2,5,7,14-15H,3-4,6,13H2. The van der Waals surface area contributed by atoms with Crippen molar-refractivity contribution in [2.75, 3.05) is 6.54 Å². The van der Waals surface area contributed by atoms with Crippen LogP contribution >= 0.6 is 22.9 Å². The van der Waals surface area contributed by atoms with Gasteiger partial charge in [-0.2, -0.15) is 0 Å². The van der Waals surface area contributed by atoms with Crippen molar-refractivity contribution in [3.8, 4) is 0 Å². The summed E-state index contributed by atoms with van der Waals surface area (Å²) in [7, 11) is -3.48. The van der Waals surface area contributed by atoms with E-state index < -0.39 is 10.0 Å². The van der Waals surface area contributed by atoms with Gasteiger partial charge in [0.1, 0.15) is 0 Å². The Morgan fingerprint density at radius 3 is 2.79 bits per heavy atom. The fourth-order valence-corrected chi connectivity index (χ4v) is 3.71. The van der Waals surface area contributed by atoms with Crippen LogP contribution in [0.25, 0.3) is 0 Å². The largest absolute Gasteiger partial charge is 0.363 e. The van der Waals surface area contributed by atoms with Crippen LogP contribution < -0.4 is 10.5 Å². The molecule has 0 atom stereocenters. The van der Waals surface area contributed by atoms with E-state index in [4.69, 9.17) is 17.3 Å². The monoisotopic (exact) mass is 319 g/mol. The van der Waals surface area contributed by atoms with E-state index in [0.29, 0.717) is 23.0 Å². The first-order valence-electron chi connectivity index (χ1n) is 5.62. The highest BCUT2D eigenvalue weighted by Crippen LogP contribution is 2.21. The van der Waals surface area contributed by atoms with Gasteiger partial charge >= 0.3 is 0 Å². The summed E-state index contributed by atoms with van der Waals surface area (Å²) >= 11 is 7.26. The third kappa shape index (κ3) is 3.80. The molecule has 0 aliphatic heterocycles. The highest BCUT2D eigenvalue weighted by molar-refractivity contribution is 7.89. The van der Waals surface area contributed by atoms with Crippen molar-refractivity contribution in [2.45, 2.75) is 17.9 Å². The van der Waals surface area contributed by atoms with E-state index in [0.717, 1.165) is 4.88 Å². The Balaban J connectivity index is 1.94. The van der Waals surface area contributed by atoms with Crippen LogP contribution in [0.2, 0.25) is 4.34 Å². The SMILES string of the molecule is NCc1cc(S(=O)(=O)NCCc2ccc(Cl)s2)c[nH]1. The van der Waals surface area contributed by atoms with Crippen LogP contribution in [0, 0.1) is 0 Å². The van der Waals surface area contributed by atoms with E-state index in [1.54, 1.807) is 6.07 Å². The molecule has 0 unspecified atom stereocenters. The second-order valence-electron chi connectivity index (χ2n) is 3.92. The smallest absolute Gasteiger partial charge is 0.242 e. The van der Waals surface area contributed by atoms with Crippen molar-refractivity contribution in [3.63, 3.8) is 0 Å². The zero-order valence-corrected chi connectivity index (χ0v) is 12.4. The lowest BCUT2D eigenvalue weighted by molar-refractivity contribution is 0.582. The number of H-pyrrole nitrogens is 1. The lowest BCUT2D eigenvalue weighted by Gasteiger charge is -2.03. The molecule has 0 radical (unpaired) electrons. The number of halogens is 1. The molecule has 104 valence electrons. The molecule has 0 aliphatic carbocycles. The molecule has 0 aliphatic rings. The molecule has 2 heterocycles. The second-order valence-corrected chi connectivity index (χ2v) is 7.48. The van der Waals surface area contributed by atoms with Gasteiger partial charge in [0.2, 0.25) is 10.0 Å². The molecule has 0 saturated carbocycles. The Kier molecular flexibility index (Phi) is 4.64. The number of rotatable bonds is 6. The van der Waals surface area contributed by atoms with Crippen molar-refractivity contribution in [2.24, 2.45) is 5.73 Å². The molecule has 4 N–H and O–H groups in total. The minimum Gasteiger partial charge on any atom is -0.363 e. The van der Waals surface area contributed by atoms with Crippen molar-refractivity contribution >= 4 is 33.0 Å². The van der Waals surface area contributed by atoms with Gasteiger partial charge in [0, 0.05) is 29.9 Å². The number of sulfonamides is 1. The molecule has 0 bridgehead atoms. The molecule has 5 nitrogen and oxygen atoms in total. The predicted molar refractivity (Wildman–Crippen MR) is 76.9 cm³/mol. The van der Waals surface area contributed by atoms with Crippen LogP contribution in [0.15, 0.2) is 29.3 Å². The Bertz CT molecular complexity index is 648. The van der Waals surface area contributed by atoms with Crippen LogP contribution in [-0.4, -0.2) is 19.9 Å². The van der Waals surface area contributed by atoms with E-state index >= 15 is 0 Å². The Morgan fingerprint density at radius 2 is 2.21 bits per heavy atom. The molecule has 0 aromatic carbocycles. The number of aromatic nitrogens is 1. The molecule has 0 spiro atoms. The lowest BCUT2D eigenvalue weighted by atomic mass is 10.3. The summed E-state index contributed by atoms with van der Waals surface area (Å²) in [4.78, 5) is 4.06. The van der Waals surface area contributed by atoms with Gasteiger partial charge in [-0.1, -0.05) is 11.6 Å². The molecule has 8 heteroatoms. The first-order chi connectivity index (χ1) is 9.01. The number of aromatic amines is 1. The van der Waals surface area contributed by atoms with Crippen LogP contribution in [0.3, 0.4) is 0 Å². The zero-order valence-electron chi connectivity index (χ0n) is 10.0. The van der Waals surface area contributed by atoms with E-state index in [9.17, 15) is 8.42 Å². The maximum absolute atomic E-state index is 12.0. The topological polar surface area (TPSA) is 88.0 Å². The Morgan fingerprint density at radius 1 is 1.42 bits per heavy atom. The minimum atomic E-state index is -3.48. The van der Waals surface area contributed by atoms with Gasteiger partial charge in [0.05, 0.1) is 9.23 Å². The highest BCUT2D eigenvalue weighted by Gasteiger charge is 2.15. The molecule has 0 saturated heterocycles. The first kappa shape index (κ1) is 14.5. The number of hydrogen-bond donors (Lipinski definition) is 3. The van der Waals surface area contributed by atoms with Gasteiger partial charge in [0.15, 0.2) is 0 Å². The Labute approximate surface area is 120 Å². The molecule has 0 amide bonds. The van der Waals surface area contributed by atoms with E-state index in [1.165, 1.54) is 23.6 Å². The molecule has 2 aromatic heterocycles. The number of thiophene rings is 1. The summed E-state index contributed by atoms with van der Waals surface area (Å²) in [6.45, 7) is 0.617. The van der Waals surface area contributed by atoms with Crippen molar-refractivity contribution in [1.82, 2.24) is 9.71 Å². The van der Waals surface area contributed by atoms with Crippen molar-refractivity contribution < 1.29 is 8.42 Å². The molecule has 2 rings (SSSR count). The molecule has 19 heavy (non-hydrogen) atoms. The average molecular weight is 320 g/mol. The summed E-state index contributed by atoms with van der Waals surface area (Å²) in [5, 5.41) is 0. The zero-order chi connectivity index (χ0) is 13.9. The van der Waals surface area contributed by atoms with Crippen molar-refractivity contribution in [3.05, 3.63) is 39.3 Å². The number of nitrogens with two attached hydrogens (primary N) is 1. The first-order valence-corrected chi connectivity index (χ1v) is 8.30. The van der Waals surface area contributed by atoms with Gasteiger partial charge in [0.25, 0.3) is 0 Å². The summed E-state index contributed by atoms with van der Waals surface area (Å²) in [6.07, 6.45) is 2.05. The van der Waals surface area contributed by atoms with Gasteiger partial charge in [-0.15, -0.1) is 11.3 Å². The summed E-state index contributed by atoms with van der Waals surface area (Å²) in [6, 6.07) is 5.23. The fraction of sp³-hybridized carbons (Fsp3) is 0.273. The maximum atomic E-state index is 12.0. The highest BCUT2D eigenvalue weighted by atomic mass is 35.5. The van der Waals surface area contributed by atoms with Gasteiger partial charge in [-0.25, -0.2) is 13.1 Å². The van der Waals surface area contributed by atoms with Crippen LogP contribution in [-0.2, 0) is 23.0 Å². The van der Waals surface area contributed by atoms with E-state index in [-0.39, 0.29) is 11.4 Å². The normalized spacial score (nSPS) is 11.9. The third-order valence-corrected chi connectivity index (χ3v) is 5.27. The third-order valence-electron chi connectivity index (χ3n) is 2.54. The Hall–Kier alpha value is -0.860. The molecular weight excluding hydrogens is 306 g/mol. The average Bonchev–Trinajstić information content (AvgIpc) is 2.98. The predicted octanol–water partition coefficient (Wildman–Crippen LogP) is 1.71. The molecule has 0 fully saturated rings. The van der Waals surface area contributed by atoms with Crippen LogP contribution in [0.1, 0.15) is 10.6 Å².